The van der Waals surface area contributed by atoms with E-state index >= 15 is 0 Å². The van der Waals surface area contributed by atoms with Gasteiger partial charge in [-0.15, -0.1) is 0 Å². The fourth-order valence-electron chi connectivity index (χ4n) is 1.98. The lowest BCUT2D eigenvalue weighted by atomic mass is 10.2. The maximum absolute atomic E-state index is 12.7. The third kappa shape index (κ3) is 4.98. The third-order valence-corrected chi connectivity index (χ3v) is 5.16. The summed E-state index contributed by atoms with van der Waals surface area (Å²) in [6.07, 6.45) is -2.74. The van der Waals surface area contributed by atoms with Crippen LogP contribution in [0.25, 0.3) is 0 Å². The van der Waals surface area contributed by atoms with Crippen LogP contribution in [0.2, 0.25) is 5.02 Å². The van der Waals surface area contributed by atoms with E-state index in [9.17, 15) is 17.4 Å². The fraction of sp³-hybridized carbons (Fsp3) is 0.294. The first-order valence-electron chi connectivity index (χ1n) is 7.34. The molecule has 0 saturated heterocycles. The molecule has 0 amide bonds. The average Bonchev–Trinajstić information content (AvgIpc) is 2.54. The Balaban J connectivity index is 2.23. The molecule has 24 heavy (non-hydrogen) atoms. The quantitative estimate of drug-likeness (QED) is 0.612. The molecule has 0 aliphatic carbocycles. The van der Waals surface area contributed by atoms with Gasteiger partial charge in [0.05, 0.1) is 26.3 Å². The molecule has 2 aromatic carbocycles. The van der Waals surface area contributed by atoms with Crippen molar-refractivity contribution in [2.45, 2.75) is 30.8 Å². The number of halogens is 4. The van der Waals surface area contributed by atoms with E-state index in [1.807, 2.05) is 6.92 Å². The van der Waals surface area contributed by atoms with Gasteiger partial charge in [0.1, 0.15) is 11.5 Å². The molecule has 2 aromatic rings. The predicted molar refractivity (Wildman–Crippen MR) is 89.2 cm³/mol. The van der Waals surface area contributed by atoms with E-state index in [1.165, 1.54) is 30.3 Å². The Labute approximate surface area is 146 Å². The summed E-state index contributed by atoms with van der Waals surface area (Å²) >= 11 is 6.06. The largest absolute Gasteiger partial charge is 0.457 e. The first kappa shape index (κ1) is 18.8. The van der Waals surface area contributed by atoms with Gasteiger partial charge in [-0.25, -0.2) is 0 Å². The van der Waals surface area contributed by atoms with Gasteiger partial charge in [0.15, 0.2) is 0 Å². The van der Waals surface area contributed by atoms with Gasteiger partial charge in [0.2, 0.25) is 0 Å². The molecule has 0 radical (unpaired) electrons. The van der Waals surface area contributed by atoms with Crippen LogP contribution < -0.4 is 4.74 Å². The van der Waals surface area contributed by atoms with Crippen molar-refractivity contribution in [1.29, 1.82) is 0 Å². The highest BCUT2D eigenvalue weighted by Crippen LogP contribution is 2.34. The van der Waals surface area contributed by atoms with Crippen molar-refractivity contribution in [3.05, 3.63) is 53.1 Å². The van der Waals surface area contributed by atoms with Gasteiger partial charge in [0.25, 0.3) is 0 Å². The number of alkyl halides is 3. The molecule has 0 heterocycles. The normalized spacial score (nSPS) is 12.9. The Kier molecular flexibility index (Phi) is 6.29. The van der Waals surface area contributed by atoms with E-state index in [4.69, 9.17) is 16.3 Å². The number of rotatable bonds is 6. The van der Waals surface area contributed by atoms with E-state index in [0.29, 0.717) is 21.4 Å². The van der Waals surface area contributed by atoms with Gasteiger partial charge in [-0.05, 0) is 42.8 Å². The van der Waals surface area contributed by atoms with Crippen LogP contribution in [-0.4, -0.2) is 9.96 Å². The first-order valence-corrected chi connectivity index (χ1v) is 9.04. The molecule has 1 unspecified atom stereocenters. The molecule has 0 aliphatic heterocycles. The molecule has 7 heteroatoms. The number of hydrogen-bond acceptors (Lipinski definition) is 2. The molecule has 0 bridgehead atoms. The van der Waals surface area contributed by atoms with Gasteiger partial charge in [-0.2, -0.15) is 13.2 Å². The lowest BCUT2D eigenvalue weighted by Gasteiger charge is -2.11. The van der Waals surface area contributed by atoms with Gasteiger partial charge in [-0.3, -0.25) is 4.21 Å². The molecular formula is C17H16ClF3O2S. The second-order valence-electron chi connectivity index (χ2n) is 5.12. The van der Waals surface area contributed by atoms with Crippen molar-refractivity contribution >= 4 is 22.4 Å². The summed E-state index contributed by atoms with van der Waals surface area (Å²) < 4.78 is 55.9. The highest BCUT2D eigenvalue weighted by atomic mass is 35.5. The van der Waals surface area contributed by atoms with E-state index in [-0.39, 0.29) is 5.75 Å². The van der Waals surface area contributed by atoms with Crippen LogP contribution in [0.3, 0.4) is 0 Å². The van der Waals surface area contributed by atoms with E-state index in [0.717, 1.165) is 25.0 Å². The zero-order valence-electron chi connectivity index (χ0n) is 12.9. The average molecular weight is 377 g/mol. The summed E-state index contributed by atoms with van der Waals surface area (Å²) in [7, 11) is -1.27. The summed E-state index contributed by atoms with van der Waals surface area (Å²) in [4.78, 5) is 0.426. The van der Waals surface area contributed by atoms with Gasteiger partial charge in [0, 0.05) is 5.75 Å². The Bertz CT molecular complexity index is 732. The standard InChI is InChI=1S/C17H16ClF3O2S/c1-2-3-9-24(22)16-11-14(7-8-15(16)18)23-13-6-4-5-12(10-13)17(19,20)21/h4-8,10-11H,2-3,9H2,1H3. The van der Waals surface area contributed by atoms with Crippen LogP contribution in [0.1, 0.15) is 25.3 Å². The Hall–Kier alpha value is -1.53. The molecular weight excluding hydrogens is 361 g/mol. The number of hydrogen-bond donors (Lipinski definition) is 0. The molecule has 2 rings (SSSR count). The summed E-state index contributed by atoms with van der Waals surface area (Å²) in [5, 5.41) is 0.348. The van der Waals surface area contributed by atoms with Crippen LogP contribution in [0.5, 0.6) is 11.5 Å². The highest BCUT2D eigenvalue weighted by Gasteiger charge is 2.30. The van der Waals surface area contributed by atoms with E-state index in [2.05, 4.69) is 0 Å². The summed E-state index contributed by atoms with van der Waals surface area (Å²) in [5.74, 6) is 0.819. The van der Waals surface area contributed by atoms with Crippen LogP contribution in [0.15, 0.2) is 47.4 Å². The lowest BCUT2D eigenvalue weighted by Crippen LogP contribution is -2.04. The molecule has 0 fully saturated rings. The van der Waals surface area contributed by atoms with Crippen LogP contribution in [0.4, 0.5) is 13.2 Å². The Morgan fingerprint density at radius 3 is 2.50 bits per heavy atom. The highest BCUT2D eigenvalue weighted by molar-refractivity contribution is 7.85. The van der Waals surface area contributed by atoms with Crippen molar-refractivity contribution in [3.8, 4) is 11.5 Å². The minimum absolute atomic E-state index is 0.0532. The third-order valence-electron chi connectivity index (χ3n) is 3.23. The molecule has 0 saturated carbocycles. The molecule has 0 spiro atoms. The molecule has 1 atom stereocenters. The maximum Gasteiger partial charge on any atom is 0.416 e. The van der Waals surface area contributed by atoms with E-state index < -0.39 is 22.5 Å². The number of benzene rings is 2. The van der Waals surface area contributed by atoms with Crippen molar-refractivity contribution in [1.82, 2.24) is 0 Å². The zero-order chi connectivity index (χ0) is 17.7. The summed E-state index contributed by atoms with van der Waals surface area (Å²) in [6.45, 7) is 1.99. The summed E-state index contributed by atoms with van der Waals surface area (Å²) in [6, 6.07) is 9.16. The topological polar surface area (TPSA) is 26.3 Å². The minimum Gasteiger partial charge on any atom is -0.457 e. The van der Waals surface area contributed by atoms with Gasteiger partial charge < -0.3 is 4.74 Å². The van der Waals surface area contributed by atoms with E-state index in [1.54, 1.807) is 0 Å². The second kappa shape index (κ2) is 8.03. The molecule has 0 aliphatic rings. The van der Waals surface area contributed by atoms with Crippen molar-refractivity contribution in [2.75, 3.05) is 5.75 Å². The predicted octanol–water partition coefficient (Wildman–Crippen LogP) is 6.06. The van der Waals surface area contributed by atoms with Crippen LogP contribution in [0, 0.1) is 0 Å². The second-order valence-corrected chi connectivity index (χ2v) is 7.07. The van der Waals surface area contributed by atoms with Gasteiger partial charge >= 0.3 is 6.18 Å². The lowest BCUT2D eigenvalue weighted by molar-refractivity contribution is -0.137. The Morgan fingerprint density at radius 1 is 1.12 bits per heavy atom. The first-order chi connectivity index (χ1) is 11.3. The van der Waals surface area contributed by atoms with Crippen LogP contribution >= 0.6 is 11.6 Å². The maximum atomic E-state index is 12.7. The number of ether oxygens (including phenoxy) is 1. The fourth-order valence-corrected chi connectivity index (χ4v) is 3.66. The molecule has 2 nitrogen and oxygen atoms in total. The van der Waals surface area contributed by atoms with Crippen molar-refractivity contribution in [2.24, 2.45) is 0 Å². The Morgan fingerprint density at radius 2 is 1.83 bits per heavy atom. The van der Waals surface area contributed by atoms with Gasteiger partial charge in [-0.1, -0.05) is 31.0 Å². The smallest absolute Gasteiger partial charge is 0.416 e. The minimum atomic E-state index is -4.44. The molecule has 130 valence electrons. The number of unbranched alkanes of at least 4 members (excludes halogenated alkanes) is 1. The SMILES string of the molecule is CCCCS(=O)c1cc(Oc2cccc(C(F)(F)F)c2)ccc1Cl. The molecule has 0 N–H and O–H groups in total. The van der Waals surface area contributed by atoms with Crippen molar-refractivity contribution < 1.29 is 22.1 Å². The van der Waals surface area contributed by atoms with Crippen LogP contribution in [-0.2, 0) is 17.0 Å². The monoisotopic (exact) mass is 376 g/mol. The molecule has 0 aromatic heterocycles. The zero-order valence-corrected chi connectivity index (χ0v) is 14.5. The van der Waals surface area contributed by atoms with Crippen molar-refractivity contribution in [3.63, 3.8) is 0 Å². The summed E-state index contributed by atoms with van der Waals surface area (Å²) in [5.41, 5.74) is -0.791.